The second-order valence-corrected chi connectivity index (χ2v) is 7.10. The van der Waals surface area contributed by atoms with E-state index in [9.17, 15) is 0 Å². The number of ether oxygens (including phenoxy) is 1. The minimum absolute atomic E-state index is 0.685. The molecule has 0 aliphatic heterocycles. The molecule has 0 spiro atoms. The van der Waals surface area contributed by atoms with E-state index in [1.807, 2.05) is 6.92 Å². The van der Waals surface area contributed by atoms with Gasteiger partial charge in [0.25, 0.3) is 0 Å². The molecule has 136 valence electrons. The number of benzene rings is 1. The van der Waals surface area contributed by atoms with Crippen LogP contribution in [0.3, 0.4) is 0 Å². The Hall–Kier alpha value is -1.62. The summed E-state index contributed by atoms with van der Waals surface area (Å²) in [6, 6.07) is 6.55. The number of hydrogen-bond donors (Lipinski definition) is 1. The summed E-state index contributed by atoms with van der Waals surface area (Å²) in [7, 11) is 0. The predicted molar refractivity (Wildman–Crippen MR) is 107 cm³/mol. The molecule has 0 amide bonds. The van der Waals surface area contributed by atoms with Gasteiger partial charge in [-0.15, -0.1) is 0 Å². The molecule has 0 atom stereocenters. The van der Waals surface area contributed by atoms with Crippen molar-refractivity contribution in [3.63, 3.8) is 0 Å². The number of nitrogens with one attached hydrogen (secondary N) is 1. The maximum atomic E-state index is 5.92. The Morgan fingerprint density at radius 1 is 1.12 bits per heavy atom. The van der Waals surface area contributed by atoms with Crippen molar-refractivity contribution in [3.05, 3.63) is 45.8 Å². The average molecular weight is 406 g/mol. The van der Waals surface area contributed by atoms with Crippen LogP contribution in [0.25, 0.3) is 0 Å². The predicted octanol–water partition coefficient (Wildman–Crippen LogP) is 5.47. The van der Waals surface area contributed by atoms with Gasteiger partial charge in [-0.25, -0.2) is 9.97 Å². The molecular formula is C20H28BrN3O. The molecule has 0 unspecified atom stereocenters. The maximum Gasteiger partial charge on any atom is 0.144 e. The number of halogens is 1. The molecule has 0 saturated carbocycles. The highest BCUT2D eigenvalue weighted by atomic mass is 79.9. The molecule has 0 saturated heterocycles. The monoisotopic (exact) mass is 405 g/mol. The first-order valence-corrected chi connectivity index (χ1v) is 9.84. The van der Waals surface area contributed by atoms with Crippen LogP contribution >= 0.6 is 15.9 Å². The zero-order valence-electron chi connectivity index (χ0n) is 15.4. The SMILES string of the molecule is CCCCCc1ccc(OCCCNc2ncnc(C)c2Br)c(C)c1. The van der Waals surface area contributed by atoms with Gasteiger partial charge in [0.15, 0.2) is 0 Å². The fourth-order valence-corrected chi connectivity index (χ4v) is 3.00. The molecule has 0 bridgehead atoms. The second kappa shape index (κ2) is 10.4. The van der Waals surface area contributed by atoms with Crippen molar-refractivity contribution in [2.24, 2.45) is 0 Å². The van der Waals surface area contributed by atoms with Crippen molar-refractivity contribution in [1.82, 2.24) is 9.97 Å². The van der Waals surface area contributed by atoms with E-state index in [0.29, 0.717) is 6.61 Å². The smallest absolute Gasteiger partial charge is 0.144 e. The van der Waals surface area contributed by atoms with E-state index in [-0.39, 0.29) is 0 Å². The topological polar surface area (TPSA) is 47.0 Å². The average Bonchev–Trinajstić information content (AvgIpc) is 2.60. The van der Waals surface area contributed by atoms with Crippen molar-refractivity contribution >= 4 is 21.7 Å². The summed E-state index contributed by atoms with van der Waals surface area (Å²) in [5.41, 5.74) is 3.56. The molecule has 1 aromatic heterocycles. The molecule has 0 radical (unpaired) electrons. The molecule has 2 rings (SSSR count). The number of hydrogen-bond acceptors (Lipinski definition) is 4. The molecular weight excluding hydrogens is 378 g/mol. The number of anilines is 1. The van der Waals surface area contributed by atoms with Gasteiger partial charge in [0.2, 0.25) is 0 Å². The highest BCUT2D eigenvalue weighted by Gasteiger charge is 2.05. The Balaban J connectivity index is 1.73. The number of rotatable bonds is 10. The van der Waals surface area contributed by atoms with Crippen LogP contribution in [0.4, 0.5) is 5.82 Å². The molecule has 0 aliphatic carbocycles. The van der Waals surface area contributed by atoms with Crippen LogP contribution in [-0.2, 0) is 6.42 Å². The summed E-state index contributed by atoms with van der Waals surface area (Å²) >= 11 is 3.51. The number of unbranched alkanes of at least 4 members (excludes halogenated alkanes) is 2. The zero-order valence-corrected chi connectivity index (χ0v) is 17.0. The van der Waals surface area contributed by atoms with Gasteiger partial charge in [-0.1, -0.05) is 31.9 Å². The summed E-state index contributed by atoms with van der Waals surface area (Å²) in [5.74, 6) is 1.82. The van der Waals surface area contributed by atoms with Crippen molar-refractivity contribution in [3.8, 4) is 5.75 Å². The molecule has 25 heavy (non-hydrogen) atoms. The van der Waals surface area contributed by atoms with E-state index < -0.39 is 0 Å². The zero-order chi connectivity index (χ0) is 18.1. The van der Waals surface area contributed by atoms with Gasteiger partial charge in [0, 0.05) is 6.54 Å². The van der Waals surface area contributed by atoms with Gasteiger partial charge in [-0.05, 0) is 66.2 Å². The van der Waals surface area contributed by atoms with Crippen LogP contribution in [0.5, 0.6) is 5.75 Å². The standard InChI is InChI=1S/C20H28BrN3O/c1-4-5-6-8-17-9-10-18(15(2)13-17)25-12-7-11-22-20-19(21)16(3)23-14-24-20/h9-10,13-14H,4-8,11-12H2,1-3H3,(H,22,23,24). The Bertz CT molecular complexity index is 676. The third-order valence-electron chi connectivity index (χ3n) is 4.14. The van der Waals surface area contributed by atoms with Crippen LogP contribution < -0.4 is 10.1 Å². The summed E-state index contributed by atoms with van der Waals surface area (Å²) in [6.07, 6.45) is 7.47. The van der Waals surface area contributed by atoms with E-state index >= 15 is 0 Å². The van der Waals surface area contributed by atoms with Gasteiger partial charge in [-0.3, -0.25) is 0 Å². The van der Waals surface area contributed by atoms with E-state index in [0.717, 1.165) is 41.1 Å². The quantitative estimate of drug-likeness (QED) is 0.532. The van der Waals surface area contributed by atoms with Crippen molar-refractivity contribution in [2.75, 3.05) is 18.5 Å². The summed E-state index contributed by atoms with van der Waals surface area (Å²) in [4.78, 5) is 8.38. The molecule has 4 nitrogen and oxygen atoms in total. The Labute approximate surface area is 159 Å². The Morgan fingerprint density at radius 2 is 1.96 bits per heavy atom. The fraction of sp³-hybridized carbons (Fsp3) is 0.500. The Morgan fingerprint density at radius 3 is 2.72 bits per heavy atom. The largest absolute Gasteiger partial charge is 0.493 e. The normalized spacial score (nSPS) is 10.7. The van der Waals surface area contributed by atoms with Crippen LogP contribution in [-0.4, -0.2) is 23.1 Å². The summed E-state index contributed by atoms with van der Waals surface area (Å²) in [6.45, 7) is 7.81. The Kier molecular flexibility index (Phi) is 8.19. The minimum atomic E-state index is 0.685. The third kappa shape index (κ3) is 6.31. The molecule has 5 heteroatoms. The lowest BCUT2D eigenvalue weighted by Crippen LogP contribution is -2.09. The molecule has 1 aromatic carbocycles. The van der Waals surface area contributed by atoms with Gasteiger partial charge in [0.1, 0.15) is 17.9 Å². The molecule has 0 aliphatic rings. The van der Waals surface area contributed by atoms with Crippen LogP contribution in [0.15, 0.2) is 29.0 Å². The minimum Gasteiger partial charge on any atom is -0.493 e. The lowest BCUT2D eigenvalue weighted by atomic mass is 10.0. The number of aromatic nitrogens is 2. The summed E-state index contributed by atoms with van der Waals surface area (Å²) in [5, 5.41) is 3.31. The highest BCUT2D eigenvalue weighted by Crippen LogP contribution is 2.22. The summed E-state index contributed by atoms with van der Waals surface area (Å²) < 4.78 is 6.85. The second-order valence-electron chi connectivity index (χ2n) is 6.31. The number of aryl methyl sites for hydroxylation is 3. The first kappa shape index (κ1) is 19.7. The highest BCUT2D eigenvalue weighted by molar-refractivity contribution is 9.10. The lowest BCUT2D eigenvalue weighted by molar-refractivity contribution is 0.313. The maximum absolute atomic E-state index is 5.92. The first-order chi connectivity index (χ1) is 12.1. The van der Waals surface area contributed by atoms with Crippen molar-refractivity contribution in [1.29, 1.82) is 0 Å². The van der Waals surface area contributed by atoms with Crippen molar-refractivity contribution < 1.29 is 4.74 Å². The van der Waals surface area contributed by atoms with Crippen LogP contribution in [0.1, 0.15) is 49.4 Å². The third-order valence-corrected chi connectivity index (χ3v) is 5.09. The van der Waals surface area contributed by atoms with Gasteiger partial charge >= 0.3 is 0 Å². The van der Waals surface area contributed by atoms with Crippen LogP contribution in [0.2, 0.25) is 0 Å². The van der Waals surface area contributed by atoms with E-state index in [1.54, 1.807) is 6.33 Å². The fourth-order valence-electron chi connectivity index (χ4n) is 2.65. The van der Waals surface area contributed by atoms with E-state index in [1.165, 1.54) is 30.4 Å². The van der Waals surface area contributed by atoms with Crippen molar-refractivity contribution in [2.45, 2.75) is 52.9 Å². The number of nitrogens with zero attached hydrogens (tertiary/aromatic N) is 2. The lowest BCUT2D eigenvalue weighted by Gasteiger charge is -2.12. The van der Waals surface area contributed by atoms with E-state index in [2.05, 4.69) is 63.3 Å². The van der Waals surface area contributed by atoms with Gasteiger partial charge in [-0.2, -0.15) is 0 Å². The van der Waals surface area contributed by atoms with Crippen LogP contribution in [0, 0.1) is 13.8 Å². The molecule has 0 fully saturated rings. The van der Waals surface area contributed by atoms with Gasteiger partial charge in [0.05, 0.1) is 16.8 Å². The molecule has 1 heterocycles. The first-order valence-electron chi connectivity index (χ1n) is 9.05. The van der Waals surface area contributed by atoms with E-state index in [4.69, 9.17) is 4.74 Å². The molecule has 1 N–H and O–H groups in total. The molecule has 2 aromatic rings. The van der Waals surface area contributed by atoms with Gasteiger partial charge < -0.3 is 10.1 Å².